The molecule has 264 valence electrons. The van der Waals surface area contributed by atoms with Crippen LogP contribution >= 0.6 is 0 Å². The maximum Gasteiger partial charge on any atom is 0.679 e. The Morgan fingerprint density at radius 3 is 0.911 bits per heavy atom. The zero-order chi connectivity index (χ0) is 34.1. The van der Waals surface area contributed by atoms with Crippen molar-refractivity contribution in [2.24, 2.45) is 0 Å². The predicted octanol–water partition coefficient (Wildman–Crippen LogP) is 3.99. The van der Waals surface area contributed by atoms with Gasteiger partial charge in [0.1, 0.15) is 0 Å². The third kappa shape index (κ3) is 20.1. The molecule has 2 atom stereocenters. The van der Waals surface area contributed by atoms with Gasteiger partial charge in [-0.2, -0.15) is 0 Å². The lowest BCUT2D eigenvalue weighted by molar-refractivity contribution is -0.163. The Balaban J connectivity index is 5.86. The van der Waals surface area contributed by atoms with Crippen LogP contribution in [0.4, 0.5) is 0 Å². The molecule has 0 fully saturated rings. The van der Waals surface area contributed by atoms with Gasteiger partial charge in [0.2, 0.25) is 0 Å². The van der Waals surface area contributed by atoms with Crippen LogP contribution in [0.2, 0.25) is 0 Å². The predicted molar refractivity (Wildman–Crippen MR) is 164 cm³/mol. The molecule has 45 heavy (non-hydrogen) atoms. The fraction of sp³-hybridized carbons (Fsp3) is 0.857. The maximum atomic E-state index is 12.8. The van der Waals surface area contributed by atoms with Gasteiger partial charge in [0.05, 0.1) is 37.9 Å². The molecule has 0 aliphatic rings. The average molecular weight is 687 g/mol. The molecule has 0 aromatic carbocycles. The van der Waals surface area contributed by atoms with Crippen molar-refractivity contribution in [3.63, 3.8) is 0 Å². The molecule has 0 aromatic rings. The van der Waals surface area contributed by atoms with E-state index in [1.54, 1.807) is 0 Å². The van der Waals surface area contributed by atoms with E-state index in [1.165, 1.54) is 0 Å². The summed E-state index contributed by atoms with van der Waals surface area (Å²) in [5.74, 6) is -4.74. The summed E-state index contributed by atoms with van der Waals surface area (Å²) in [4.78, 5) is 49.0. The quantitative estimate of drug-likeness (QED) is 0.0626. The van der Waals surface area contributed by atoms with Gasteiger partial charge in [0.15, 0.2) is 0 Å². The van der Waals surface area contributed by atoms with E-state index in [-0.39, 0.29) is 39.6 Å². The molecule has 0 heterocycles. The van der Waals surface area contributed by atoms with Crippen LogP contribution in [0.1, 0.15) is 106 Å². The molecule has 0 rings (SSSR count). The van der Waals surface area contributed by atoms with E-state index in [2.05, 4.69) is 0 Å². The van der Waals surface area contributed by atoms with Crippen molar-refractivity contribution in [1.29, 1.82) is 0 Å². The number of carboxylic acid groups (broad SMARTS) is 2. The van der Waals surface area contributed by atoms with Crippen molar-refractivity contribution in [1.82, 2.24) is 0 Å². The van der Waals surface area contributed by atoms with Crippen LogP contribution in [0.3, 0.4) is 0 Å². The number of carbonyl (C=O) groups excluding carboxylic acids is 2. The Hall–Kier alpha value is -1.81. The molecule has 15 nitrogen and oxygen atoms in total. The second-order valence-electron chi connectivity index (χ2n) is 10.0. The first-order chi connectivity index (χ1) is 21.4. The molecule has 0 amide bonds. The lowest BCUT2D eigenvalue weighted by atomic mass is 10.2. The maximum absolute atomic E-state index is 12.8. The number of rotatable bonds is 30. The Bertz CT molecular complexity index is 735. The number of hydrogen-bond acceptors (Lipinski definition) is 13. The fourth-order valence-corrected chi connectivity index (χ4v) is 8.29. The standard InChI is InChI=1S/C28H54O15Si2/c1-7-13-35-44(36-14-8-2,37-15-9-3)42-23(19-25(29)30)21-27(33)41-28(34)22-24(20-26(31)32)43-45(38-16-10-4,39-17-11-5)40-18-12-6/h23-24H,7-22H2,1-6H3,(H,29,30)(H,31,32). The number of aliphatic carboxylic acids is 2. The van der Waals surface area contributed by atoms with Crippen LogP contribution in [0, 0.1) is 0 Å². The van der Waals surface area contributed by atoms with Crippen molar-refractivity contribution in [2.45, 2.75) is 118 Å². The normalized spacial score (nSPS) is 13.4. The highest BCUT2D eigenvalue weighted by atomic mass is 28.4. The molecular weight excluding hydrogens is 632 g/mol. The molecule has 2 N–H and O–H groups in total. The van der Waals surface area contributed by atoms with E-state index in [9.17, 15) is 29.4 Å². The summed E-state index contributed by atoms with van der Waals surface area (Å²) in [6.07, 6.45) is -1.56. The van der Waals surface area contributed by atoms with Gasteiger partial charge in [-0.3, -0.25) is 19.2 Å². The fourth-order valence-electron chi connectivity index (χ4n) is 3.51. The van der Waals surface area contributed by atoms with E-state index in [0.29, 0.717) is 38.5 Å². The van der Waals surface area contributed by atoms with Crippen LogP contribution < -0.4 is 0 Å². The molecule has 17 heteroatoms. The number of carbonyl (C=O) groups is 4. The number of hydrogen-bond donors (Lipinski definition) is 2. The van der Waals surface area contributed by atoms with Gasteiger partial charge in [0, 0.05) is 39.6 Å². The number of esters is 2. The van der Waals surface area contributed by atoms with Crippen molar-refractivity contribution in [3.8, 4) is 0 Å². The minimum atomic E-state index is -3.88. The molecule has 0 saturated carbocycles. The summed E-state index contributed by atoms with van der Waals surface area (Å²) < 4.78 is 51.9. The van der Waals surface area contributed by atoms with Crippen LogP contribution in [-0.4, -0.2) is 104 Å². The number of carboxylic acids is 2. The first kappa shape index (κ1) is 43.2. The molecule has 0 aromatic heterocycles. The van der Waals surface area contributed by atoms with Crippen molar-refractivity contribution in [3.05, 3.63) is 0 Å². The summed E-state index contributed by atoms with van der Waals surface area (Å²) >= 11 is 0. The molecule has 0 spiro atoms. The lowest BCUT2D eigenvalue weighted by Gasteiger charge is -2.31. The molecule has 0 saturated heterocycles. The molecule has 0 radical (unpaired) electrons. The summed E-state index contributed by atoms with van der Waals surface area (Å²) in [5, 5.41) is 19.0. The van der Waals surface area contributed by atoms with Crippen molar-refractivity contribution < 1.29 is 69.5 Å². The summed E-state index contributed by atoms with van der Waals surface area (Å²) in [6, 6.07) is 0. The third-order valence-electron chi connectivity index (χ3n) is 5.34. The van der Waals surface area contributed by atoms with Gasteiger partial charge in [-0.1, -0.05) is 41.5 Å². The Labute approximate surface area is 269 Å². The molecule has 0 aliphatic carbocycles. The van der Waals surface area contributed by atoms with Crippen LogP contribution in [0.5, 0.6) is 0 Å². The van der Waals surface area contributed by atoms with Crippen molar-refractivity contribution in [2.75, 3.05) is 39.6 Å². The minimum absolute atomic E-state index is 0.212. The first-order valence-corrected chi connectivity index (χ1v) is 19.1. The molecule has 2 unspecified atom stereocenters. The van der Waals surface area contributed by atoms with Gasteiger partial charge in [-0.05, 0) is 38.5 Å². The molecule has 0 aliphatic heterocycles. The van der Waals surface area contributed by atoms with Gasteiger partial charge in [-0.25, -0.2) is 0 Å². The van der Waals surface area contributed by atoms with E-state index in [0.717, 1.165) is 0 Å². The van der Waals surface area contributed by atoms with Gasteiger partial charge in [0.25, 0.3) is 0 Å². The Morgan fingerprint density at radius 1 is 0.467 bits per heavy atom. The zero-order valence-electron chi connectivity index (χ0n) is 27.7. The van der Waals surface area contributed by atoms with E-state index in [4.69, 9.17) is 40.1 Å². The highest BCUT2D eigenvalue weighted by Crippen LogP contribution is 2.22. The highest BCUT2D eigenvalue weighted by Gasteiger charge is 2.50. The smallest absolute Gasteiger partial charge is 0.481 e. The number of ether oxygens (including phenoxy) is 1. The van der Waals surface area contributed by atoms with Crippen molar-refractivity contribution >= 4 is 42.0 Å². The van der Waals surface area contributed by atoms with Gasteiger partial charge < -0.3 is 50.4 Å². The second-order valence-corrected chi connectivity index (χ2v) is 14.2. The van der Waals surface area contributed by atoms with E-state index in [1.807, 2.05) is 41.5 Å². The van der Waals surface area contributed by atoms with E-state index >= 15 is 0 Å². The Morgan fingerprint density at radius 2 is 0.711 bits per heavy atom. The zero-order valence-corrected chi connectivity index (χ0v) is 29.7. The van der Waals surface area contributed by atoms with Gasteiger partial charge >= 0.3 is 42.0 Å². The average Bonchev–Trinajstić information content (AvgIpc) is 2.97. The summed E-state index contributed by atoms with van der Waals surface area (Å²) in [7, 11) is -7.76. The first-order valence-electron chi connectivity index (χ1n) is 15.8. The second kappa shape index (κ2) is 25.3. The minimum Gasteiger partial charge on any atom is -0.481 e. The SMILES string of the molecule is CCCO[Si](OCCC)(OCCC)OC(CC(=O)O)CC(=O)OC(=O)CC(CC(=O)O)O[Si](OCCC)(OCCC)OCCC. The third-order valence-corrected chi connectivity index (χ3v) is 9.93. The van der Waals surface area contributed by atoms with Crippen LogP contribution in [0.15, 0.2) is 0 Å². The van der Waals surface area contributed by atoms with Crippen LogP contribution in [0.25, 0.3) is 0 Å². The monoisotopic (exact) mass is 686 g/mol. The summed E-state index contributed by atoms with van der Waals surface area (Å²) in [5.41, 5.74) is 0. The summed E-state index contributed by atoms with van der Waals surface area (Å²) in [6.45, 7) is 12.5. The van der Waals surface area contributed by atoms with E-state index < -0.39 is 79.9 Å². The topological polar surface area (TPSA) is 192 Å². The van der Waals surface area contributed by atoms with Gasteiger partial charge in [-0.15, -0.1) is 0 Å². The lowest BCUT2D eigenvalue weighted by Crippen LogP contribution is -2.53. The largest absolute Gasteiger partial charge is 0.679 e. The highest BCUT2D eigenvalue weighted by molar-refractivity contribution is 6.54. The Kier molecular flexibility index (Phi) is 24.3. The molecule has 0 bridgehead atoms. The van der Waals surface area contributed by atoms with Crippen LogP contribution in [-0.2, 0) is 59.3 Å². The molecular formula is C28H54O15Si2.